The number of amidine groups is 2. The average molecular weight is 680 g/mol. The predicted molar refractivity (Wildman–Crippen MR) is 219 cm³/mol. The number of hydrogen-bond acceptors (Lipinski definition) is 4. The number of nitrogens with zero attached hydrogens (tertiary/aromatic N) is 2. The van der Waals surface area contributed by atoms with E-state index in [4.69, 9.17) is 14.4 Å². The van der Waals surface area contributed by atoms with Gasteiger partial charge in [0.05, 0.1) is 0 Å². The van der Waals surface area contributed by atoms with Crippen LogP contribution in [0.2, 0.25) is 0 Å². The Morgan fingerprint density at radius 1 is 0.396 bits per heavy atom. The highest BCUT2D eigenvalue weighted by atomic mass is 16.3. The first-order chi connectivity index (χ1) is 26.2. The molecule has 1 N–H and O–H groups in total. The Labute approximate surface area is 307 Å². The van der Waals surface area contributed by atoms with Crippen molar-refractivity contribution in [1.82, 2.24) is 5.32 Å². The molecular weight excluding hydrogens is 647 g/mol. The van der Waals surface area contributed by atoms with Crippen LogP contribution < -0.4 is 5.32 Å². The van der Waals surface area contributed by atoms with Gasteiger partial charge in [0.15, 0.2) is 6.17 Å². The molecule has 250 valence electrons. The quantitative estimate of drug-likeness (QED) is 0.190. The van der Waals surface area contributed by atoms with Crippen LogP contribution in [-0.2, 0) is 0 Å². The number of furan rings is 1. The van der Waals surface area contributed by atoms with Crippen molar-refractivity contribution in [2.45, 2.75) is 6.17 Å². The molecule has 0 amide bonds. The van der Waals surface area contributed by atoms with Gasteiger partial charge in [0.1, 0.15) is 22.8 Å². The number of fused-ring (bicyclic) bond motifs is 4. The summed E-state index contributed by atoms with van der Waals surface area (Å²) in [7, 11) is 0. The van der Waals surface area contributed by atoms with Gasteiger partial charge in [-0.1, -0.05) is 170 Å². The summed E-state index contributed by atoms with van der Waals surface area (Å²) < 4.78 is 6.45. The molecule has 53 heavy (non-hydrogen) atoms. The van der Waals surface area contributed by atoms with E-state index in [1.807, 2.05) is 36.4 Å². The summed E-state index contributed by atoms with van der Waals surface area (Å²) in [5.74, 6) is 1.54. The van der Waals surface area contributed by atoms with E-state index >= 15 is 0 Å². The second-order valence-corrected chi connectivity index (χ2v) is 13.4. The van der Waals surface area contributed by atoms with E-state index in [1.54, 1.807) is 0 Å². The third-order valence-electron chi connectivity index (χ3n) is 10.2. The molecule has 4 heteroatoms. The van der Waals surface area contributed by atoms with Crippen LogP contribution in [0.5, 0.6) is 0 Å². The normalized spacial score (nSPS) is 14.2. The molecule has 1 aliphatic rings. The van der Waals surface area contributed by atoms with Gasteiger partial charge in [0, 0.05) is 21.9 Å². The summed E-state index contributed by atoms with van der Waals surface area (Å²) in [6, 6.07) is 65.8. The highest BCUT2D eigenvalue weighted by Crippen LogP contribution is 2.37. The van der Waals surface area contributed by atoms with Crippen LogP contribution in [0.4, 0.5) is 0 Å². The second-order valence-electron chi connectivity index (χ2n) is 13.4. The molecule has 1 atom stereocenters. The van der Waals surface area contributed by atoms with Crippen LogP contribution in [0, 0.1) is 0 Å². The molecule has 0 saturated carbocycles. The third-order valence-corrected chi connectivity index (χ3v) is 10.2. The van der Waals surface area contributed by atoms with Crippen molar-refractivity contribution >= 4 is 44.4 Å². The molecule has 1 aliphatic heterocycles. The van der Waals surface area contributed by atoms with Crippen molar-refractivity contribution in [2.24, 2.45) is 9.98 Å². The summed E-state index contributed by atoms with van der Waals surface area (Å²) in [6.07, 6.45) is -0.435. The number of aliphatic imine (C=N–C) groups is 2. The molecule has 2 heterocycles. The zero-order valence-corrected chi connectivity index (χ0v) is 28.8. The molecule has 0 saturated heterocycles. The molecule has 8 aromatic carbocycles. The molecular formula is C49H33N3O. The second kappa shape index (κ2) is 12.9. The summed E-state index contributed by atoms with van der Waals surface area (Å²) in [4.78, 5) is 10.4. The third kappa shape index (κ3) is 5.67. The summed E-state index contributed by atoms with van der Waals surface area (Å²) in [5, 5.41) is 8.15. The topological polar surface area (TPSA) is 49.9 Å². The van der Waals surface area contributed by atoms with Gasteiger partial charge in [0.2, 0.25) is 0 Å². The lowest BCUT2D eigenvalue weighted by molar-refractivity contribution is 0.669. The highest BCUT2D eigenvalue weighted by molar-refractivity contribution is 6.23. The Morgan fingerprint density at radius 3 is 1.77 bits per heavy atom. The number of nitrogens with one attached hydrogen (secondary N) is 1. The maximum Gasteiger partial charge on any atom is 0.169 e. The van der Waals surface area contributed by atoms with Crippen LogP contribution in [0.3, 0.4) is 0 Å². The molecule has 4 nitrogen and oxygen atoms in total. The standard InChI is InChI=1S/C49H33N3O/c1-3-11-32(12-4-1)33-21-23-34(24-22-33)39-29-30-44-43(31-39)46-42(19-10-20-45(46)53-44)49-51-47(37-14-5-2-6-15-37)50-48(52-49)38-27-25-36(26-28-38)41-18-9-16-35-13-7-8-17-40(35)41/h1-31,48H,(H,50,51,52). The predicted octanol–water partition coefficient (Wildman–Crippen LogP) is 12.2. The fraction of sp³-hybridized carbons (Fsp3) is 0.0204. The summed E-state index contributed by atoms with van der Waals surface area (Å²) in [5.41, 5.74) is 11.7. The minimum absolute atomic E-state index is 0.435. The van der Waals surface area contributed by atoms with Crippen LogP contribution in [0.25, 0.3) is 66.1 Å². The SMILES string of the molecule is c1ccc(C2=NC(c3ccc(-c4cccc5ccccc45)cc3)N=C(c3cccc4oc5ccc(-c6ccc(-c7ccccc7)cc6)cc5c34)N2)cc1. The molecule has 9 aromatic rings. The van der Waals surface area contributed by atoms with Crippen molar-refractivity contribution in [3.8, 4) is 33.4 Å². The average Bonchev–Trinajstić information content (AvgIpc) is 3.62. The minimum Gasteiger partial charge on any atom is -0.456 e. The van der Waals surface area contributed by atoms with Crippen molar-refractivity contribution in [3.05, 3.63) is 205 Å². The Hall–Kier alpha value is -7.04. The number of hydrogen-bond donors (Lipinski definition) is 1. The smallest absolute Gasteiger partial charge is 0.169 e. The zero-order valence-electron chi connectivity index (χ0n) is 28.8. The monoisotopic (exact) mass is 679 g/mol. The first-order valence-corrected chi connectivity index (χ1v) is 17.9. The van der Waals surface area contributed by atoms with Crippen molar-refractivity contribution < 1.29 is 4.42 Å². The van der Waals surface area contributed by atoms with E-state index in [0.29, 0.717) is 0 Å². The van der Waals surface area contributed by atoms with E-state index in [2.05, 4.69) is 157 Å². The molecule has 0 bridgehead atoms. The van der Waals surface area contributed by atoms with Crippen molar-refractivity contribution in [2.75, 3.05) is 0 Å². The fourth-order valence-corrected chi connectivity index (χ4v) is 7.48. The van der Waals surface area contributed by atoms with Gasteiger partial charge in [-0.2, -0.15) is 0 Å². The van der Waals surface area contributed by atoms with Gasteiger partial charge in [-0.3, -0.25) is 0 Å². The lowest BCUT2D eigenvalue weighted by Crippen LogP contribution is -2.36. The van der Waals surface area contributed by atoms with Gasteiger partial charge < -0.3 is 9.73 Å². The molecule has 0 spiro atoms. The van der Waals surface area contributed by atoms with E-state index in [9.17, 15) is 0 Å². The highest BCUT2D eigenvalue weighted by Gasteiger charge is 2.24. The number of rotatable bonds is 6. The molecule has 1 unspecified atom stereocenters. The van der Waals surface area contributed by atoms with Crippen molar-refractivity contribution in [3.63, 3.8) is 0 Å². The van der Waals surface area contributed by atoms with E-state index < -0.39 is 6.17 Å². The summed E-state index contributed by atoms with van der Waals surface area (Å²) in [6.45, 7) is 0. The van der Waals surface area contributed by atoms with E-state index in [0.717, 1.165) is 67.0 Å². The fourth-order valence-electron chi connectivity index (χ4n) is 7.48. The van der Waals surface area contributed by atoms with E-state index in [-0.39, 0.29) is 0 Å². The Bertz CT molecular complexity index is 2830. The Morgan fingerprint density at radius 2 is 0.981 bits per heavy atom. The number of benzene rings is 8. The van der Waals surface area contributed by atoms with Gasteiger partial charge in [0.25, 0.3) is 0 Å². The Balaban J connectivity index is 1.06. The molecule has 1 aromatic heterocycles. The molecule has 0 aliphatic carbocycles. The Kier molecular flexibility index (Phi) is 7.51. The lowest BCUT2D eigenvalue weighted by Gasteiger charge is -2.23. The maximum atomic E-state index is 6.45. The first kappa shape index (κ1) is 30.8. The first-order valence-electron chi connectivity index (χ1n) is 17.9. The summed E-state index contributed by atoms with van der Waals surface area (Å²) >= 11 is 0. The van der Waals surface area contributed by atoms with Gasteiger partial charge in [-0.25, -0.2) is 9.98 Å². The van der Waals surface area contributed by atoms with Crippen molar-refractivity contribution in [1.29, 1.82) is 0 Å². The largest absolute Gasteiger partial charge is 0.456 e. The molecule has 0 fully saturated rings. The molecule has 10 rings (SSSR count). The van der Waals surface area contributed by atoms with Crippen LogP contribution in [-0.4, -0.2) is 11.7 Å². The van der Waals surface area contributed by atoms with Crippen LogP contribution in [0.15, 0.2) is 202 Å². The molecule has 0 radical (unpaired) electrons. The van der Waals surface area contributed by atoms with Gasteiger partial charge in [-0.15, -0.1) is 0 Å². The minimum atomic E-state index is -0.435. The zero-order chi connectivity index (χ0) is 35.1. The van der Waals surface area contributed by atoms with Crippen LogP contribution in [0.1, 0.15) is 22.9 Å². The van der Waals surface area contributed by atoms with Crippen LogP contribution >= 0.6 is 0 Å². The van der Waals surface area contributed by atoms with Gasteiger partial charge >= 0.3 is 0 Å². The maximum absolute atomic E-state index is 6.45. The van der Waals surface area contributed by atoms with Gasteiger partial charge in [-0.05, 0) is 67.9 Å². The van der Waals surface area contributed by atoms with E-state index in [1.165, 1.54) is 27.5 Å². The lowest BCUT2D eigenvalue weighted by atomic mass is 9.97.